The van der Waals surface area contributed by atoms with Crippen LogP contribution >= 0.6 is 0 Å². The summed E-state index contributed by atoms with van der Waals surface area (Å²) in [6, 6.07) is 21.1. The predicted molar refractivity (Wildman–Crippen MR) is 106 cm³/mol. The van der Waals surface area contributed by atoms with E-state index in [1.807, 2.05) is 12.1 Å². The van der Waals surface area contributed by atoms with Gasteiger partial charge in [0.05, 0.1) is 0 Å². The Balaban J connectivity index is 1.44. The molecule has 0 spiro atoms. The van der Waals surface area contributed by atoms with Crippen LogP contribution in [0.4, 0.5) is 0 Å². The molecule has 0 aromatic heterocycles. The maximum atomic E-state index is 12.9. The van der Waals surface area contributed by atoms with E-state index < -0.39 is 0 Å². The first-order valence-corrected chi connectivity index (χ1v) is 10.1. The number of carbonyl (C=O) groups excluding carboxylic acids is 1. The highest BCUT2D eigenvalue weighted by Crippen LogP contribution is 2.49. The molecule has 2 aliphatic rings. The van der Waals surface area contributed by atoms with Crippen molar-refractivity contribution in [3.8, 4) is 0 Å². The molecule has 2 heteroatoms. The molecular weight excluding hydrogens is 318 g/mol. The molecule has 0 saturated heterocycles. The number of benzene rings is 2. The van der Waals surface area contributed by atoms with Crippen LogP contribution in [-0.4, -0.2) is 11.9 Å². The van der Waals surface area contributed by atoms with Crippen LogP contribution in [0.2, 0.25) is 0 Å². The quantitative estimate of drug-likeness (QED) is 0.769. The summed E-state index contributed by atoms with van der Waals surface area (Å²) in [4.78, 5) is 12.9. The van der Waals surface area contributed by atoms with Gasteiger partial charge in [-0.15, -0.1) is 0 Å². The Morgan fingerprint density at radius 1 is 0.962 bits per heavy atom. The van der Waals surface area contributed by atoms with Gasteiger partial charge in [-0.2, -0.15) is 0 Å². The lowest BCUT2D eigenvalue weighted by Crippen LogP contribution is -2.40. The Bertz CT molecular complexity index is 687. The third-order valence-electron chi connectivity index (χ3n) is 6.62. The van der Waals surface area contributed by atoms with Gasteiger partial charge in [-0.25, -0.2) is 0 Å². The summed E-state index contributed by atoms with van der Waals surface area (Å²) in [5, 5.41) is 3.34. The van der Waals surface area contributed by atoms with E-state index in [0.29, 0.717) is 18.4 Å². The third kappa shape index (κ3) is 3.70. The first-order valence-electron chi connectivity index (χ1n) is 10.1. The van der Waals surface area contributed by atoms with Gasteiger partial charge in [0.25, 0.3) is 0 Å². The minimum Gasteiger partial charge on any atom is -0.353 e. The van der Waals surface area contributed by atoms with Crippen LogP contribution in [0.15, 0.2) is 60.7 Å². The van der Waals surface area contributed by atoms with Crippen molar-refractivity contribution >= 4 is 5.91 Å². The van der Waals surface area contributed by atoms with Crippen LogP contribution in [0.1, 0.15) is 56.1 Å². The van der Waals surface area contributed by atoms with Gasteiger partial charge in [-0.1, -0.05) is 67.1 Å². The maximum absolute atomic E-state index is 12.9. The van der Waals surface area contributed by atoms with Crippen molar-refractivity contribution in [3.05, 3.63) is 71.8 Å². The van der Waals surface area contributed by atoms with E-state index in [-0.39, 0.29) is 11.8 Å². The summed E-state index contributed by atoms with van der Waals surface area (Å²) in [6.45, 7) is 2.21. The standard InChI is InChI=1S/C24H29NO/c1-17(22-15-18-12-13-21(22)14-18)25-24(26)16-23(19-8-4-2-5-9-19)20-10-6-3-7-11-20/h2-11,17-18,21-23H,12-16H2,1H3,(H,25,26). The zero-order valence-electron chi connectivity index (χ0n) is 15.6. The number of rotatable bonds is 6. The molecule has 1 amide bonds. The molecule has 1 N–H and O–H groups in total. The minimum atomic E-state index is 0.115. The van der Waals surface area contributed by atoms with E-state index >= 15 is 0 Å². The van der Waals surface area contributed by atoms with Gasteiger partial charge < -0.3 is 5.32 Å². The number of nitrogens with one attached hydrogen (secondary N) is 1. The van der Waals surface area contributed by atoms with Gasteiger partial charge in [0.15, 0.2) is 0 Å². The SMILES string of the molecule is CC(NC(=O)CC(c1ccccc1)c1ccccc1)C1CC2CCC1C2. The molecule has 0 aliphatic heterocycles. The number of fused-ring (bicyclic) bond motifs is 2. The molecule has 4 unspecified atom stereocenters. The maximum Gasteiger partial charge on any atom is 0.221 e. The first kappa shape index (κ1) is 17.3. The summed E-state index contributed by atoms with van der Waals surface area (Å²) in [6.07, 6.45) is 5.99. The largest absolute Gasteiger partial charge is 0.353 e. The summed E-state index contributed by atoms with van der Waals surface area (Å²) < 4.78 is 0. The number of carbonyl (C=O) groups is 1. The second kappa shape index (κ2) is 7.65. The Morgan fingerprint density at radius 3 is 2.08 bits per heavy atom. The van der Waals surface area contributed by atoms with E-state index in [1.54, 1.807) is 0 Å². The fraction of sp³-hybridized carbons (Fsp3) is 0.458. The normalized spacial score (nSPS) is 25.4. The van der Waals surface area contributed by atoms with Gasteiger partial charge in [0, 0.05) is 18.4 Å². The number of amides is 1. The van der Waals surface area contributed by atoms with Gasteiger partial charge in [-0.3, -0.25) is 4.79 Å². The van der Waals surface area contributed by atoms with Crippen LogP contribution in [0, 0.1) is 17.8 Å². The highest BCUT2D eigenvalue weighted by molar-refractivity contribution is 5.78. The summed E-state index contributed by atoms with van der Waals surface area (Å²) in [5.74, 6) is 2.74. The molecule has 136 valence electrons. The Labute approximate surface area is 157 Å². The van der Waals surface area contributed by atoms with E-state index in [4.69, 9.17) is 0 Å². The lowest BCUT2D eigenvalue weighted by molar-refractivity contribution is -0.122. The van der Waals surface area contributed by atoms with Crippen LogP contribution < -0.4 is 5.32 Å². The molecule has 4 rings (SSSR count). The van der Waals surface area contributed by atoms with Crippen molar-refractivity contribution in [2.24, 2.45) is 17.8 Å². The Morgan fingerprint density at radius 2 is 1.58 bits per heavy atom. The fourth-order valence-corrected chi connectivity index (χ4v) is 5.31. The molecule has 2 saturated carbocycles. The highest BCUT2D eigenvalue weighted by atomic mass is 16.1. The molecule has 2 aromatic carbocycles. The molecule has 26 heavy (non-hydrogen) atoms. The van der Waals surface area contributed by atoms with Crippen molar-refractivity contribution in [2.45, 2.75) is 51.0 Å². The lowest BCUT2D eigenvalue weighted by Gasteiger charge is -2.29. The average Bonchev–Trinajstić information content (AvgIpc) is 3.31. The second-order valence-corrected chi connectivity index (χ2v) is 8.27. The van der Waals surface area contributed by atoms with Gasteiger partial charge >= 0.3 is 0 Å². The van der Waals surface area contributed by atoms with Crippen molar-refractivity contribution < 1.29 is 4.79 Å². The summed E-state index contributed by atoms with van der Waals surface area (Å²) in [7, 11) is 0. The summed E-state index contributed by atoms with van der Waals surface area (Å²) >= 11 is 0. The molecule has 2 nitrogen and oxygen atoms in total. The molecule has 0 radical (unpaired) electrons. The fourth-order valence-electron chi connectivity index (χ4n) is 5.31. The molecular formula is C24H29NO. The topological polar surface area (TPSA) is 29.1 Å². The van der Waals surface area contributed by atoms with Crippen LogP contribution in [0.3, 0.4) is 0 Å². The Kier molecular flexibility index (Phi) is 5.10. The molecule has 2 fully saturated rings. The first-order chi connectivity index (χ1) is 12.7. The van der Waals surface area contributed by atoms with Crippen molar-refractivity contribution in [3.63, 3.8) is 0 Å². The van der Waals surface area contributed by atoms with E-state index in [0.717, 1.165) is 11.8 Å². The minimum absolute atomic E-state index is 0.115. The number of hydrogen-bond donors (Lipinski definition) is 1. The predicted octanol–water partition coefficient (Wildman–Crippen LogP) is 5.15. The van der Waals surface area contributed by atoms with E-state index in [1.165, 1.54) is 36.8 Å². The highest BCUT2D eigenvalue weighted by Gasteiger charge is 2.42. The zero-order valence-corrected chi connectivity index (χ0v) is 15.6. The molecule has 2 aromatic rings. The van der Waals surface area contributed by atoms with Gasteiger partial charge in [0.1, 0.15) is 0 Å². The van der Waals surface area contributed by atoms with E-state index in [9.17, 15) is 4.79 Å². The third-order valence-corrected chi connectivity index (χ3v) is 6.62. The summed E-state index contributed by atoms with van der Waals surface area (Å²) in [5.41, 5.74) is 2.42. The zero-order chi connectivity index (χ0) is 17.9. The second-order valence-electron chi connectivity index (χ2n) is 8.27. The lowest BCUT2D eigenvalue weighted by atomic mass is 9.83. The smallest absolute Gasteiger partial charge is 0.221 e. The van der Waals surface area contributed by atoms with Crippen molar-refractivity contribution in [2.75, 3.05) is 0 Å². The molecule has 4 atom stereocenters. The monoisotopic (exact) mass is 347 g/mol. The van der Waals surface area contributed by atoms with Crippen LogP contribution in [0.25, 0.3) is 0 Å². The number of hydrogen-bond acceptors (Lipinski definition) is 1. The molecule has 2 bridgehead atoms. The van der Waals surface area contributed by atoms with Crippen LogP contribution in [-0.2, 0) is 4.79 Å². The molecule has 2 aliphatic carbocycles. The Hall–Kier alpha value is -2.09. The van der Waals surface area contributed by atoms with Crippen LogP contribution in [0.5, 0.6) is 0 Å². The average molecular weight is 348 g/mol. The van der Waals surface area contributed by atoms with E-state index in [2.05, 4.69) is 60.8 Å². The van der Waals surface area contributed by atoms with Crippen molar-refractivity contribution in [1.82, 2.24) is 5.32 Å². The van der Waals surface area contributed by atoms with Gasteiger partial charge in [0.2, 0.25) is 5.91 Å². The van der Waals surface area contributed by atoms with Crippen molar-refractivity contribution in [1.29, 1.82) is 0 Å². The van der Waals surface area contributed by atoms with Gasteiger partial charge in [-0.05, 0) is 55.1 Å². The molecule has 0 heterocycles.